The van der Waals surface area contributed by atoms with Crippen LogP contribution in [-0.4, -0.2) is 45.9 Å². The average molecular weight is 920 g/mol. The maximum atomic E-state index is 13.0. The molecule has 0 heterocycles. The molecule has 324 valence electrons. The highest BCUT2D eigenvalue weighted by Crippen LogP contribution is 2.47. The Bertz CT molecular complexity index is 2540. The van der Waals surface area contributed by atoms with E-state index >= 15 is 0 Å². The minimum Gasteiger partial charge on any atom is -0.508 e. The molecule has 4 aromatic rings. The molecule has 5 rings (SSSR count). The molecule has 0 bridgehead atoms. The summed E-state index contributed by atoms with van der Waals surface area (Å²) in [6.45, 7) is 23.2. The van der Waals surface area contributed by atoms with Crippen LogP contribution in [0, 0.1) is 68.2 Å². The summed E-state index contributed by atoms with van der Waals surface area (Å²) in [5.41, 5.74) is 13.8. The lowest BCUT2D eigenvalue weighted by atomic mass is 9.84. The van der Waals surface area contributed by atoms with Crippen molar-refractivity contribution in [1.29, 1.82) is 0 Å². The Morgan fingerprint density at radius 1 is 0.903 bits per heavy atom. The van der Waals surface area contributed by atoms with E-state index in [1.807, 2.05) is 65.0 Å². The fraction of sp³-hybridized carbons (Fsp3) is 0.269. The molecule has 0 aromatic heterocycles. The van der Waals surface area contributed by atoms with E-state index in [1.54, 1.807) is 6.92 Å². The van der Waals surface area contributed by atoms with Gasteiger partial charge in [0.15, 0.2) is 17.8 Å². The smallest absolute Gasteiger partial charge is 0.249 e. The topological polar surface area (TPSA) is 123 Å². The average Bonchev–Trinajstić information content (AvgIpc) is 3.25. The van der Waals surface area contributed by atoms with Crippen LogP contribution in [0.2, 0.25) is 0 Å². The molecule has 3 N–H and O–H groups in total. The van der Waals surface area contributed by atoms with Crippen molar-refractivity contribution in [3.05, 3.63) is 150 Å². The number of rotatable bonds is 12. The van der Waals surface area contributed by atoms with Gasteiger partial charge in [0.1, 0.15) is 33.2 Å². The van der Waals surface area contributed by atoms with E-state index < -0.39 is 11.4 Å². The molecule has 1 aliphatic carbocycles. The van der Waals surface area contributed by atoms with Gasteiger partial charge in [0.2, 0.25) is 11.4 Å². The molecule has 0 aliphatic heterocycles. The monoisotopic (exact) mass is 918 g/mol. The number of carbonyl (C=O) groups excluding carboxylic acids is 2. The number of allylic oxidation sites excluding steroid dienone is 2. The second kappa shape index (κ2) is 21.7. The van der Waals surface area contributed by atoms with Crippen molar-refractivity contribution in [1.82, 2.24) is 0 Å². The number of aryl methyl sites for hydroxylation is 1. The summed E-state index contributed by atoms with van der Waals surface area (Å²) in [4.78, 5) is 24.6. The maximum absolute atomic E-state index is 13.0. The van der Waals surface area contributed by atoms with Crippen molar-refractivity contribution < 1.29 is 39.1 Å². The summed E-state index contributed by atoms with van der Waals surface area (Å²) >= 11 is 3.47. The Balaban J connectivity index is 0.000000374. The van der Waals surface area contributed by atoms with Crippen molar-refractivity contribution >= 4 is 54.2 Å². The molecule has 1 unspecified atom stereocenters. The quantitative estimate of drug-likeness (QED) is 0.0422. The first-order valence-corrected chi connectivity index (χ1v) is 21.3. The Kier molecular flexibility index (Phi) is 17.6. The predicted molar refractivity (Wildman–Crippen MR) is 259 cm³/mol. The zero-order chi connectivity index (χ0) is 46.8. The summed E-state index contributed by atoms with van der Waals surface area (Å²) in [6.07, 6.45) is 14.6. The third kappa shape index (κ3) is 9.70. The third-order valence-corrected chi connectivity index (χ3v) is 12.3. The number of aromatic hydroxyl groups is 1. The first-order valence-electron chi connectivity index (χ1n) is 19.9. The van der Waals surface area contributed by atoms with Crippen LogP contribution in [0.5, 0.6) is 17.2 Å². The first kappa shape index (κ1) is 50.3. The van der Waals surface area contributed by atoms with E-state index in [4.69, 9.17) is 14.2 Å². The van der Waals surface area contributed by atoms with Gasteiger partial charge in [-0.1, -0.05) is 56.5 Å². The first-order chi connectivity index (χ1) is 29.4. The highest BCUT2D eigenvalue weighted by Gasteiger charge is 2.46. The molecule has 0 amide bonds. The second-order valence-electron chi connectivity index (χ2n) is 14.6. The number of carbonyl (C=O) groups is 2. The standard InChI is InChI=1S/C30H32BrO7P.C20H22O.C2H2/c1-8-9-22(37-23-10-15(2)21(13-32)16(3)17(23)4)26-18(5)19(6)29(27(31)28(26)35)38-30(14-39)24(34)11-20(33)12-25(30)36-7;1-6-17-13(3)19(16-11-9-8-10-12-16)15(5)20(14(17)4)18(21)7-2;1-2/h9-14,33,35,39H,8H2,1-7H3;8-12,21H,2,6H2,1,3-5H3;1-2H/b22-9-;;. The summed E-state index contributed by atoms with van der Waals surface area (Å²) in [6, 6.07) is 12.1. The van der Waals surface area contributed by atoms with Crippen LogP contribution in [0.15, 0.2) is 82.9 Å². The zero-order valence-corrected chi connectivity index (χ0v) is 40.0. The summed E-state index contributed by atoms with van der Waals surface area (Å²) in [5, 5.41) is 31.6. The SMILES string of the molecule is C#C.C=C=C(O)c1c(C)c(CC)c(C)c(-c2ccccc2)c1C.CC/C=C(\Oc1cc(C)c(C=O)c(C)c1C)c1c(C)c(C)c(OC2(C=P)C(=O)C=C(O)C=C2OC)c(Br)c1O. The van der Waals surface area contributed by atoms with Gasteiger partial charge in [-0.25, -0.2) is 0 Å². The largest absolute Gasteiger partial charge is 0.508 e. The molecule has 62 heavy (non-hydrogen) atoms. The highest BCUT2D eigenvalue weighted by atomic mass is 79.9. The van der Waals surface area contributed by atoms with Gasteiger partial charge in [0, 0.05) is 23.3 Å². The number of aliphatic hydroxyl groups is 2. The fourth-order valence-electron chi connectivity index (χ4n) is 7.76. The lowest BCUT2D eigenvalue weighted by molar-refractivity contribution is -0.124. The van der Waals surface area contributed by atoms with Crippen molar-refractivity contribution in [2.24, 2.45) is 0 Å². The van der Waals surface area contributed by atoms with E-state index in [9.17, 15) is 24.9 Å². The normalized spacial score (nSPS) is 14.4. The number of ether oxygens (including phenoxy) is 3. The fourth-order valence-corrected chi connectivity index (χ4v) is 8.68. The predicted octanol–water partition coefficient (Wildman–Crippen LogP) is 12.7. The lowest BCUT2D eigenvalue weighted by Gasteiger charge is -2.33. The molecule has 8 nitrogen and oxygen atoms in total. The van der Waals surface area contributed by atoms with Crippen LogP contribution in [0.1, 0.15) is 91.8 Å². The number of terminal acetylenes is 1. The van der Waals surface area contributed by atoms with Crippen molar-refractivity contribution in [2.75, 3.05) is 7.11 Å². The number of benzene rings is 4. The van der Waals surface area contributed by atoms with E-state index in [2.05, 4.69) is 89.8 Å². The Morgan fingerprint density at radius 3 is 2.06 bits per heavy atom. The molecular weight excluding hydrogens is 863 g/mol. The van der Waals surface area contributed by atoms with Crippen molar-refractivity contribution in [2.45, 2.75) is 87.7 Å². The Hall–Kier alpha value is -6.03. The molecule has 0 radical (unpaired) electrons. The molecule has 1 aliphatic rings. The van der Waals surface area contributed by atoms with Crippen LogP contribution >= 0.6 is 24.8 Å². The van der Waals surface area contributed by atoms with Gasteiger partial charge in [0.25, 0.3) is 0 Å². The number of halogens is 1. The van der Waals surface area contributed by atoms with E-state index in [0.29, 0.717) is 40.2 Å². The molecule has 1 atom stereocenters. The Labute approximate surface area is 377 Å². The summed E-state index contributed by atoms with van der Waals surface area (Å²) < 4.78 is 18.2. The highest BCUT2D eigenvalue weighted by molar-refractivity contribution is 9.10. The second-order valence-corrected chi connectivity index (χ2v) is 15.7. The number of ketones is 1. The van der Waals surface area contributed by atoms with Crippen LogP contribution in [0.3, 0.4) is 0 Å². The van der Waals surface area contributed by atoms with Gasteiger partial charge < -0.3 is 29.5 Å². The number of methoxy groups -OCH3 is 1. The summed E-state index contributed by atoms with van der Waals surface area (Å²) in [5.74, 6) is 1.79. The van der Waals surface area contributed by atoms with E-state index in [0.717, 1.165) is 52.2 Å². The van der Waals surface area contributed by atoms with Gasteiger partial charge in [-0.2, -0.15) is 0 Å². The maximum Gasteiger partial charge on any atom is 0.249 e. The summed E-state index contributed by atoms with van der Waals surface area (Å²) in [7, 11) is 4.67. The Morgan fingerprint density at radius 2 is 1.53 bits per heavy atom. The number of aldehydes is 1. The van der Waals surface area contributed by atoms with Gasteiger partial charge in [-0.05, 0) is 163 Å². The van der Waals surface area contributed by atoms with E-state index in [1.165, 1.54) is 41.2 Å². The zero-order valence-electron chi connectivity index (χ0n) is 37.4. The number of hydrogen-bond donors (Lipinski definition) is 3. The van der Waals surface area contributed by atoms with Crippen molar-refractivity contribution in [3.63, 3.8) is 0 Å². The minimum absolute atomic E-state index is 0.0601. The van der Waals surface area contributed by atoms with E-state index in [-0.39, 0.29) is 33.2 Å². The number of hydrogen-bond acceptors (Lipinski definition) is 8. The van der Waals surface area contributed by atoms with Gasteiger partial charge >= 0.3 is 0 Å². The van der Waals surface area contributed by atoms with Gasteiger partial charge in [0.05, 0.1) is 12.7 Å². The number of aliphatic hydroxyl groups excluding tert-OH is 2. The lowest BCUT2D eigenvalue weighted by Crippen LogP contribution is -2.49. The van der Waals surface area contributed by atoms with Crippen molar-refractivity contribution in [3.8, 4) is 41.2 Å². The molecule has 0 spiro atoms. The van der Waals surface area contributed by atoms with Crippen LogP contribution in [0.4, 0.5) is 0 Å². The molecular formula is C52H56BrO8P. The number of phenolic OH excluding ortho intramolecular Hbond substituents is 1. The molecule has 0 saturated heterocycles. The molecule has 4 aromatic carbocycles. The van der Waals surface area contributed by atoms with Gasteiger partial charge in [-0.3, -0.25) is 9.59 Å². The molecule has 10 heteroatoms. The van der Waals surface area contributed by atoms with Crippen LogP contribution in [-0.2, 0) is 16.0 Å². The molecule has 0 saturated carbocycles. The van der Waals surface area contributed by atoms with Crippen LogP contribution in [0.25, 0.3) is 22.6 Å². The number of phenols is 1. The third-order valence-electron chi connectivity index (χ3n) is 11.2. The minimum atomic E-state index is -1.73. The van der Waals surface area contributed by atoms with Crippen LogP contribution < -0.4 is 9.47 Å². The van der Waals surface area contributed by atoms with Gasteiger partial charge in [-0.15, -0.1) is 21.7 Å². The molecule has 0 fully saturated rings.